The Bertz CT molecular complexity index is 447. The van der Waals surface area contributed by atoms with Crippen LogP contribution in [-0.4, -0.2) is 34.9 Å². The number of piperidine rings is 1. The van der Waals surface area contributed by atoms with Gasteiger partial charge in [0.15, 0.2) is 0 Å². The first-order chi connectivity index (χ1) is 8.61. The number of likely N-dealkylation sites (tertiary alicyclic amines) is 1. The second-order valence-electron chi connectivity index (χ2n) is 4.91. The molecule has 0 radical (unpaired) electrons. The summed E-state index contributed by atoms with van der Waals surface area (Å²) < 4.78 is 0.822. The Kier molecular flexibility index (Phi) is 8.66. The third kappa shape index (κ3) is 4.58. The van der Waals surface area contributed by atoms with Crippen LogP contribution in [0.25, 0.3) is 0 Å². The molecule has 20 heavy (non-hydrogen) atoms. The summed E-state index contributed by atoms with van der Waals surface area (Å²) >= 11 is 3.34. The summed E-state index contributed by atoms with van der Waals surface area (Å²) in [6, 6.07) is 1.96. The predicted octanol–water partition coefficient (Wildman–Crippen LogP) is 2.89. The van der Waals surface area contributed by atoms with Gasteiger partial charge in [-0.1, -0.05) is 6.92 Å². The van der Waals surface area contributed by atoms with Crippen molar-refractivity contribution >= 4 is 46.7 Å². The highest BCUT2D eigenvalue weighted by atomic mass is 79.9. The highest BCUT2D eigenvalue weighted by Gasteiger charge is 2.29. The van der Waals surface area contributed by atoms with Gasteiger partial charge in [0.2, 0.25) is 0 Å². The Hall–Kier alpha value is -0.360. The highest BCUT2D eigenvalue weighted by Crippen LogP contribution is 2.24. The van der Waals surface area contributed by atoms with Gasteiger partial charge in [0.25, 0.3) is 5.91 Å². The van der Waals surface area contributed by atoms with Crippen molar-refractivity contribution in [2.75, 3.05) is 13.1 Å². The number of nitrogens with two attached hydrogens (primary N) is 1. The molecule has 2 N–H and O–H groups in total. The van der Waals surface area contributed by atoms with Gasteiger partial charge < -0.3 is 10.6 Å². The first-order valence-corrected chi connectivity index (χ1v) is 7.02. The minimum atomic E-state index is 0. The standard InChI is InChI=1S/C13H18BrN3O.2ClH/c1-9-2-3-17(12(4-9)6-15)13(18)10-5-11(14)8-16-7-10;;/h5,7-9,12H,2-4,6,15H2,1H3;2*1H. The molecule has 1 aliphatic rings. The van der Waals surface area contributed by atoms with E-state index < -0.39 is 0 Å². The monoisotopic (exact) mass is 383 g/mol. The Morgan fingerprint density at radius 2 is 2.20 bits per heavy atom. The number of hydrogen-bond donors (Lipinski definition) is 1. The van der Waals surface area contributed by atoms with Crippen LogP contribution in [0.2, 0.25) is 0 Å². The second kappa shape index (κ2) is 8.82. The van der Waals surface area contributed by atoms with Crippen LogP contribution < -0.4 is 5.73 Å². The average Bonchev–Trinajstić information content (AvgIpc) is 2.37. The number of amides is 1. The average molecular weight is 385 g/mol. The Morgan fingerprint density at radius 3 is 2.80 bits per heavy atom. The summed E-state index contributed by atoms with van der Waals surface area (Å²) in [4.78, 5) is 18.4. The van der Waals surface area contributed by atoms with Crippen LogP contribution in [0, 0.1) is 5.92 Å². The zero-order valence-corrected chi connectivity index (χ0v) is 14.5. The number of halogens is 3. The molecular weight excluding hydrogens is 365 g/mol. The highest BCUT2D eigenvalue weighted by molar-refractivity contribution is 9.10. The summed E-state index contributed by atoms with van der Waals surface area (Å²) in [6.45, 7) is 3.52. The lowest BCUT2D eigenvalue weighted by Gasteiger charge is -2.38. The van der Waals surface area contributed by atoms with Gasteiger partial charge in [-0.3, -0.25) is 9.78 Å². The van der Waals surface area contributed by atoms with Gasteiger partial charge in [-0.25, -0.2) is 0 Å². The zero-order valence-electron chi connectivity index (χ0n) is 11.3. The van der Waals surface area contributed by atoms with Crippen molar-refractivity contribution in [2.45, 2.75) is 25.8 Å². The van der Waals surface area contributed by atoms with Gasteiger partial charge >= 0.3 is 0 Å². The van der Waals surface area contributed by atoms with E-state index >= 15 is 0 Å². The maximum absolute atomic E-state index is 12.4. The fraction of sp³-hybridized carbons (Fsp3) is 0.538. The number of rotatable bonds is 2. The van der Waals surface area contributed by atoms with E-state index in [-0.39, 0.29) is 36.8 Å². The van der Waals surface area contributed by atoms with Crippen molar-refractivity contribution in [3.05, 3.63) is 28.5 Å². The van der Waals surface area contributed by atoms with Crippen molar-refractivity contribution in [3.8, 4) is 0 Å². The largest absolute Gasteiger partial charge is 0.334 e. The molecule has 114 valence electrons. The van der Waals surface area contributed by atoms with Gasteiger partial charge in [-0.15, -0.1) is 24.8 Å². The molecule has 0 aliphatic carbocycles. The van der Waals surface area contributed by atoms with Crippen LogP contribution in [-0.2, 0) is 0 Å². The smallest absolute Gasteiger partial charge is 0.255 e. The quantitative estimate of drug-likeness (QED) is 0.852. The lowest BCUT2D eigenvalue weighted by molar-refractivity contribution is 0.0573. The van der Waals surface area contributed by atoms with Gasteiger partial charge in [0.05, 0.1) is 5.56 Å². The molecule has 7 heteroatoms. The van der Waals surface area contributed by atoms with Crippen LogP contribution in [0.4, 0.5) is 0 Å². The Morgan fingerprint density at radius 1 is 1.50 bits per heavy atom. The van der Waals surface area contributed by atoms with Gasteiger partial charge in [-0.05, 0) is 40.8 Å². The molecule has 2 unspecified atom stereocenters. The van der Waals surface area contributed by atoms with E-state index in [0.29, 0.717) is 18.0 Å². The fourth-order valence-corrected chi connectivity index (χ4v) is 2.80. The maximum Gasteiger partial charge on any atom is 0.255 e. The third-order valence-electron chi connectivity index (χ3n) is 3.46. The van der Waals surface area contributed by atoms with Gasteiger partial charge in [0, 0.05) is 36.0 Å². The molecule has 0 aromatic carbocycles. The van der Waals surface area contributed by atoms with Crippen molar-refractivity contribution in [3.63, 3.8) is 0 Å². The van der Waals surface area contributed by atoms with E-state index in [9.17, 15) is 4.79 Å². The Labute approximate surface area is 140 Å². The summed E-state index contributed by atoms with van der Waals surface area (Å²) in [7, 11) is 0. The van der Waals surface area contributed by atoms with E-state index in [2.05, 4.69) is 27.8 Å². The minimum absolute atomic E-state index is 0. The SMILES string of the molecule is CC1CCN(C(=O)c2cncc(Br)c2)C(CN)C1.Cl.Cl. The van der Waals surface area contributed by atoms with Crippen LogP contribution in [0.5, 0.6) is 0 Å². The minimum Gasteiger partial charge on any atom is -0.334 e. The molecule has 1 aromatic rings. The van der Waals surface area contributed by atoms with Crippen molar-refractivity contribution in [1.82, 2.24) is 9.88 Å². The molecule has 0 saturated carbocycles. The molecule has 1 aliphatic heterocycles. The molecule has 2 atom stereocenters. The maximum atomic E-state index is 12.4. The zero-order chi connectivity index (χ0) is 13.1. The van der Waals surface area contributed by atoms with Crippen molar-refractivity contribution in [2.24, 2.45) is 11.7 Å². The topological polar surface area (TPSA) is 59.2 Å². The van der Waals surface area contributed by atoms with E-state index in [1.54, 1.807) is 18.5 Å². The molecule has 1 fully saturated rings. The summed E-state index contributed by atoms with van der Waals surface area (Å²) in [5.74, 6) is 0.675. The Balaban J connectivity index is 0.00000180. The molecule has 1 amide bonds. The van der Waals surface area contributed by atoms with Gasteiger partial charge in [0.1, 0.15) is 0 Å². The number of nitrogens with zero attached hydrogens (tertiary/aromatic N) is 2. The predicted molar refractivity (Wildman–Crippen MR) is 88.7 cm³/mol. The molecule has 4 nitrogen and oxygen atoms in total. The van der Waals surface area contributed by atoms with Crippen LogP contribution in [0.1, 0.15) is 30.1 Å². The second-order valence-corrected chi connectivity index (χ2v) is 5.83. The van der Waals surface area contributed by atoms with Crippen molar-refractivity contribution < 1.29 is 4.79 Å². The number of hydrogen-bond acceptors (Lipinski definition) is 3. The van der Waals surface area contributed by atoms with Gasteiger partial charge in [-0.2, -0.15) is 0 Å². The van der Waals surface area contributed by atoms with Crippen LogP contribution in [0.3, 0.4) is 0 Å². The van der Waals surface area contributed by atoms with Crippen LogP contribution in [0.15, 0.2) is 22.9 Å². The third-order valence-corrected chi connectivity index (χ3v) is 3.90. The molecule has 2 heterocycles. The van der Waals surface area contributed by atoms with E-state index in [0.717, 1.165) is 23.9 Å². The number of carbonyl (C=O) groups excluding carboxylic acids is 1. The number of pyridine rings is 1. The van der Waals surface area contributed by atoms with E-state index in [4.69, 9.17) is 5.73 Å². The first-order valence-electron chi connectivity index (χ1n) is 6.23. The summed E-state index contributed by atoms with van der Waals surface area (Å²) in [6.07, 6.45) is 5.32. The fourth-order valence-electron chi connectivity index (χ4n) is 2.44. The lowest BCUT2D eigenvalue weighted by atomic mass is 9.92. The van der Waals surface area contributed by atoms with E-state index in [1.807, 2.05) is 4.90 Å². The van der Waals surface area contributed by atoms with Crippen LogP contribution >= 0.6 is 40.7 Å². The first kappa shape index (κ1) is 19.6. The van der Waals surface area contributed by atoms with E-state index in [1.165, 1.54) is 0 Å². The molecule has 1 saturated heterocycles. The lowest BCUT2D eigenvalue weighted by Crippen LogP contribution is -2.49. The molecule has 0 spiro atoms. The summed E-state index contributed by atoms with van der Waals surface area (Å²) in [5.41, 5.74) is 6.41. The van der Waals surface area contributed by atoms with Crippen molar-refractivity contribution in [1.29, 1.82) is 0 Å². The summed E-state index contributed by atoms with van der Waals surface area (Å²) in [5, 5.41) is 0. The molecular formula is C13H20BrCl2N3O. The number of carbonyl (C=O) groups is 1. The molecule has 2 rings (SSSR count). The molecule has 1 aromatic heterocycles. The number of aromatic nitrogens is 1. The molecule has 0 bridgehead atoms. The normalized spacial score (nSPS) is 21.6.